The summed E-state index contributed by atoms with van der Waals surface area (Å²) in [6, 6.07) is 0. The third-order valence-electron chi connectivity index (χ3n) is 2.96. The van der Waals surface area contributed by atoms with Crippen LogP contribution in [-0.4, -0.2) is 18.2 Å². The van der Waals surface area contributed by atoms with Gasteiger partial charge in [-0.2, -0.15) is 0 Å². The molecule has 0 heterocycles. The second-order valence-electron chi connectivity index (χ2n) is 5.35. The van der Waals surface area contributed by atoms with Crippen molar-refractivity contribution in [2.24, 2.45) is 5.41 Å². The monoisotopic (exact) mass is 285 g/mol. The van der Waals surface area contributed by atoms with Gasteiger partial charge in [0.2, 0.25) is 0 Å². The fourth-order valence-corrected chi connectivity index (χ4v) is 2.19. The SMILES string of the molecule is CCC(NOCC=CCl)=C1C(=O)CC(C)(C)CC1=O. The molecule has 0 radical (unpaired) electrons. The van der Waals surface area contributed by atoms with E-state index in [9.17, 15) is 9.59 Å². The first-order chi connectivity index (χ1) is 8.91. The average Bonchev–Trinajstić information content (AvgIpc) is 2.29. The summed E-state index contributed by atoms with van der Waals surface area (Å²) in [5.74, 6) is -0.218. The number of hydrogen-bond donors (Lipinski definition) is 1. The molecule has 1 aliphatic carbocycles. The first-order valence-electron chi connectivity index (χ1n) is 6.34. The van der Waals surface area contributed by atoms with Crippen LogP contribution in [0.4, 0.5) is 0 Å². The molecule has 0 unspecified atom stereocenters. The Morgan fingerprint density at radius 2 is 1.95 bits per heavy atom. The van der Waals surface area contributed by atoms with Gasteiger partial charge in [0, 0.05) is 18.4 Å². The van der Waals surface area contributed by atoms with Crippen molar-refractivity contribution < 1.29 is 14.4 Å². The maximum absolute atomic E-state index is 12.1. The largest absolute Gasteiger partial charge is 0.294 e. The Morgan fingerprint density at radius 1 is 1.37 bits per heavy atom. The normalized spacial score (nSPS) is 19.1. The number of hydroxylamine groups is 1. The van der Waals surface area contributed by atoms with E-state index >= 15 is 0 Å². The zero-order chi connectivity index (χ0) is 14.5. The van der Waals surface area contributed by atoms with Gasteiger partial charge in [-0.3, -0.25) is 19.9 Å². The van der Waals surface area contributed by atoms with Crippen LogP contribution in [0.1, 0.15) is 40.0 Å². The number of allylic oxidation sites excluding steroid dienone is 2. The van der Waals surface area contributed by atoms with E-state index in [0.29, 0.717) is 25.0 Å². The molecule has 4 nitrogen and oxygen atoms in total. The highest BCUT2D eigenvalue weighted by Gasteiger charge is 2.37. The molecule has 5 heteroatoms. The fourth-order valence-electron chi connectivity index (χ4n) is 2.11. The van der Waals surface area contributed by atoms with Crippen LogP contribution in [0.15, 0.2) is 22.9 Å². The Morgan fingerprint density at radius 3 is 2.42 bits per heavy atom. The number of hydrogen-bond acceptors (Lipinski definition) is 4. The van der Waals surface area contributed by atoms with Crippen molar-refractivity contribution in [3.63, 3.8) is 0 Å². The third-order valence-corrected chi connectivity index (χ3v) is 3.13. The molecular formula is C14H20ClNO3. The Balaban J connectivity index is 2.85. The van der Waals surface area contributed by atoms with Gasteiger partial charge < -0.3 is 0 Å². The van der Waals surface area contributed by atoms with Crippen LogP contribution in [0.2, 0.25) is 0 Å². The molecule has 1 aliphatic rings. The lowest BCUT2D eigenvalue weighted by atomic mass is 9.73. The van der Waals surface area contributed by atoms with Gasteiger partial charge in [0.25, 0.3) is 0 Å². The lowest BCUT2D eigenvalue weighted by Gasteiger charge is -2.29. The summed E-state index contributed by atoms with van der Waals surface area (Å²) in [7, 11) is 0. The van der Waals surface area contributed by atoms with Gasteiger partial charge in [-0.05, 0) is 17.9 Å². The number of carbonyl (C=O) groups excluding carboxylic acids is 2. The molecular weight excluding hydrogens is 266 g/mol. The van der Waals surface area contributed by atoms with E-state index in [1.807, 2.05) is 20.8 Å². The smallest absolute Gasteiger partial charge is 0.168 e. The van der Waals surface area contributed by atoms with Crippen LogP contribution in [0.3, 0.4) is 0 Å². The first-order valence-corrected chi connectivity index (χ1v) is 6.77. The van der Waals surface area contributed by atoms with Gasteiger partial charge in [0.15, 0.2) is 11.6 Å². The molecule has 106 valence electrons. The van der Waals surface area contributed by atoms with Gasteiger partial charge in [-0.15, -0.1) is 0 Å². The van der Waals surface area contributed by atoms with Crippen LogP contribution in [0.25, 0.3) is 0 Å². The number of ketones is 2. The summed E-state index contributed by atoms with van der Waals surface area (Å²) in [4.78, 5) is 29.3. The number of Topliss-reactive ketones (excluding diaryl/α,β-unsaturated/α-hetero) is 2. The maximum atomic E-state index is 12.1. The number of nitrogens with one attached hydrogen (secondary N) is 1. The molecule has 0 atom stereocenters. The van der Waals surface area contributed by atoms with Gasteiger partial charge in [-0.1, -0.05) is 32.4 Å². The van der Waals surface area contributed by atoms with E-state index in [1.54, 1.807) is 6.08 Å². The van der Waals surface area contributed by atoms with E-state index in [0.717, 1.165) is 0 Å². The molecule has 0 bridgehead atoms. The number of halogens is 1. The molecule has 1 saturated carbocycles. The number of carbonyl (C=O) groups is 2. The van der Waals surface area contributed by atoms with E-state index in [1.165, 1.54) is 5.54 Å². The molecule has 1 rings (SSSR count). The molecule has 0 amide bonds. The maximum Gasteiger partial charge on any atom is 0.168 e. The van der Waals surface area contributed by atoms with E-state index in [2.05, 4.69) is 5.48 Å². The molecule has 0 aliphatic heterocycles. The molecule has 1 N–H and O–H groups in total. The predicted octanol–water partition coefficient (Wildman–Crippen LogP) is 2.88. The minimum atomic E-state index is -0.251. The van der Waals surface area contributed by atoms with E-state index < -0.39 is 0 Å². The lowest BCUT2D eigenvalue weighted by molar-refractivity contribution is -0.127. The van der Waals surface area contributed by atoms with Crippen molar-refractivity contribution in [1.82, 2.24) is 5.48 Å². The highest BCUT2D eigenvalue weighted by molar-refractivity contribution is 6.25. The Labute approximate surface area is 118 Å². The summed E-state index contributed by atoms with van der Waals surface area (Å²) in [5.41, 5.74) is 4.60. The van der Waals surface area contributed by atoms with Crippen LogP contribution in [0, 0.1) is 5.41 Å². The summed E-state index contributed by atoms with van der Waals surface area (Å²) < 4.78 is 0. The summed E-state index contributed by atoms with van der Waals surface area (Å²) in [6.45, 7) is 6.01. The van der Waals surface area contributed by atoms with Crippen molar-refractivity contribution in [2.75, 3.05) is 6.61 Å². The van der Waals surface area contributed by atoms with Crippen LogP contribution in [-0.2, 0) is 14.4 Å². The Bertz CT molecular complexity index is 402. The average molecular weight is 286 g/mol. The highest BCUT2D eigenvalue weighted by atomic mass is 35.5. The quantitative estimate of drug-likeness (QED) is 0.365. The first kappa shape index (κ1) is 15.9. The zero-order valence-electron chi connectivity index (χ0n) is 11.6. The molecule has 0 aromatic carbocycles. The topological polar surface area (TPSA) is 55.4 Å². The van der Waals surface area contributed by atoms with Gasteiger partial charge in [0.05, 0.1) is 17.9 Å². The summed E-state index contributed by atoms with van der Waals surface area (Å²) in [6.07, 6.45) is 2.93. The lowest BCUT2D eigenvalue weighted by Crippen LogP contribution is -2.34. The van der Waals surface area contributed by atoms with Crippen LogP contribution < -0.4 is 5.48 Å². The van der Waals surface area contributed by atoms with Gasteiger partial charge in [-0.25, -0.2) is 0 Å². The van der Waals surface area contributed by atoms with Gasteiger partial charge in [0.1, 0.15) is 0 Å². The highest BCUT2D eigenvalue weighted by Crippen LogP contribution is 2.34. The van der Waals surface area contributed by atoms with Crippen molar-refractivity contribution in [3.8, 4) is 0 Å². The van der Waals surface area contributed by atoms with E-state index in [-0.39, 0.29) is 29.2 Å². The Kier molecular flexibility index (Phi) is 5.76. The summed E-state index contributed by atoms with van der Waals surface area (Å²) >= 11 is 5.37. The minimum Gasteiger partial charge on any atom is -0.294 e. The number of rotatable bonds is 5. The standard InChI is InChI=1S/C14H20ClNO3/c1-4-10(16-19-7-5-6-15)13-11(17)8-14(2,3)9-12(13)18/h5-6,16H,4,7-9H2,1-3H3. The summed E-state index contributed by atoms with van der Waals surface area (Å²) in [5, 5.41) is 0. The van der Waals surface area contributed by atoms with Crippen LogP contribution in [0.5, 0.6) is 0 Å². The molecule has 19 heavy (non-hydrogen) atoms. The zero-order valence-corrected chi connectivity index (χ0v) is 12.3. The van der Waals surface area contributed by atoms with Crippen molar-refractivity contribution in [1.29, 1.82) is 0 Å². The Hall–Kier alpha value is -1.13. The second-order valence-corrected chi connectivity index (χ2v) is 5.60. The fraction of sp³-hybridized carbons (Fsp3) is 0.571. The molecule has 0 saturated heterocycles. The third kappa shape index (κ3) is 4.48. The molecule has 1 fully saturated rings. The van der Waals surface area contributed by atoms with Gasteiger partial charge >= 0.3 is 0 Å². The molecule has 0 aromatic rings. The van der Waals surface area contributed by atoms with E-state index in [4.69, 9.17) is 16.4 Å². The van der Waals surface area contributed by atoms with Crippen LogP contribution >= 0.6 is 11.6 Å². The second kappa shape index (κ2) is 6.87. The molecule has 0 spiro atoms. The molecule has 0 aromatic heterocycles. The minimum absolute atomic E-state index is 0.109. The van der Waals surface area contributed by atoms with Crippen molar-refractivity contribution in [3.05, 3.63) is 22.9 Å². The predicted molar refractivity (Wildman–Crippen MR) is 74.4 cm³/mol. The van der Waals surface area contributed by atoms with Crippen molar-refractivity contribution in [2.45, 2.75) is 40.0 Å². The van der Waals surface area contributed by atoms with Crippen molar-refractivity contribution >= 4 is 23.2 Å².